The zero-order valence-electron chi connectivity index (χ0n) is 17.4. The maximum Gasteiger partial charge on any atom is 0.247 e. The molecule has 29 heavy (non-hydrogen) atoms. The van der Waals surface area contributed by atoms with E-state index >= 15 is 0 Å². The number of aromatic nitrogens is 2. The van der Waals surface area contributed by atoms with Crippen LogP contribution in [0.1, 0.15) is 36.6 Å². The zero-order chi connectivity index (χ0) is 21.2. The molecule has 0 aliphatic carbocycles. The average molecular weight is 420 g/mol. The Morgan fingerprint density at radius 2 is 1.90 bits per heavy atom. The van der Waals surface area contributed by atoms with Crippen molar-refractivity contribution in [3.05, 3.63) is 42.0 Å². The second kappa shape index (κ2) is 8.64. The molecule has 0 saturated carbocycles. The molecule has 3 rings (SSSR count). The molecule has 1 aliphatic rings. The first-order valence-corrected chi connectivity index (χ1v) is 11.2. The number of likely N-dealkylation sites (N-methyl/N-ethyl adjacent to an activating group) is 1. The highest BCUT2D eigenvalue weighted by molar-refractivity contribution is 7.89. The van der Waals surface area contributed by atoms with E-state index in [2.05, 4.69) is 10.3 Å². The van der Waals surface area contributed by atoms with Gasteiger partial charge in [0.05, 0.1) is 23.1 Å². The number of anilines is 1. The highest BCUT2D eigenvalue weighted by Gasteiger charge is 2.29. The van der Waals surface area contributed by atoms with Crippen LogP contribution in [-0.4, -0.2) is 60.3 Å². The van der Waals surface area contributed by atoms with Crippen LogP contribution in [0.15, 0.2) is 35.6 Å². The minimum Gasteiger partial charge on any atom is -0.336 e. The second-order valence-electron chi connectivity index (χ2n) is 7.73. The molecule has 1 aromatic heterocycles. The first-order chi connectivity index (χ1) is 13.7. The number of nitrogens with zero attached hydrogens (tertiary/aromatic N) is 4. The van der Waals surface area contributed by atoms with Gasteiger partial charge in [-0.3, -0.25) is 9.69 Å². The minimum absolute atomic E-state index is 0.247. The lowest BCUT2D eigenvalue weighted by Crippen LogP contribution is -2.36. The number of imidazole rings is 1. The summed E-state index contributed by atoms with van der Waals surface area (Å²) in [7, 11) is 1.89. The van der Waals surface area contributed by atoms with E-state index in [4.69, 9.17) is 0 Å². The monoisotopic (exact) mass is 419 g/mol. The molecule has 1 aliphatic heterocycles. The van der Waals surface area contributed by atoms with Crippen LogP contribution in [0.25, 0.3) is 0 Å². The molecule has 1 N–H and O–H groups in total. The molecular formula is C20H29N5O3S. The molecule has 2 heterocycles. The minimum atomic E-state index is -3.58. The molecule has 1 fully saturated rings. The van der Waals surface area contributed by atoms with E-state index in [1.165, 1.54) is 0 Å². The number of nitrogens with one attached hydrogen (secondary N) is 1. The Balaban J connectivity index is 1.87. The van der Waals surface area contributed by atoms with Crippen LogP contribution in [0.4, 0.5) is 5.69 Å². The summed E-state index contributed by atoms with van der Waals surface area (Å²) in [6.45, 7) is 2.86. The zero-order valence-corrected chi connectivity index (χ0v) is 18.2. The number of amides is 1. The molecule has 1 aromatic carbocycles. The number of rotatable bonds is 6. The topological polar surface area (TPSA) is 87.5 Å². The van der Waals surface area contributed by atoms with Gasteiger partial charge in [-0.05, 0) is 51.6 Å². The number of hydrogen-bond acceptors (Lipinski definition) is 5. The fourth-order valence-electron chi connectivity index (χ4n) is 3.67. The molecule has 0 radical (unpaired) electrons. The summed E-state index contributed by atoms with van der Waals surface area (Å²) >= 11 is 0. The van der Waals surface area contributed by atoms with Crippen LogP contribution in [0.5, 0.6) is 0 Å². The number of carbonyl (C=O) groups is 1. The maximum absolute atomic E-state index is 13.1. The van der Waals surface area contributed by atoms with Crippen molar-refractivity contribution in [2.45, 2.75) is 37.1 Å². The van der Waals surface area contributed by atoms with Gasteiger partial charge in [0.2, 0.25) is 15.9 Å². The van der Waals surface area contributed by atoms with Crippen molar-refractivity contribution in [2.75, 3.05) is 32.5 Å². The Morgan fingerprint density at radius 1 is 1.21 bits per heavy atom. The third kappa shape index (κ3) is 4.52. The fraction of sp³-hybridized carbons (Fsp3) is 0.500. The number of benzene rings is 1. The normalized spacial score (nSPS) is 16.7. The van der Waals surface area contributed by atoms with Gasteiger partial charge in [-0.25, -0.2) is 13.4 Å². The Hall–Kier alpha value is -2.23. The van der Waals surface area contributed by atoms with Gasteiger partial charge >= 0.3 is 0 Å². The molecule has 158 valence electrons. The average Bonchev–Trinajstić information content (AvgIpc) is 3.09. The summed E-state index contributed by atoms with van der Waals surface area (Å²) in [5, 5.41) is 2.88. The van der Waals surface area contributed by atoms with Gasteiger partial charge < -0.3 is 9.88 Å². The van der Waals surface area contributed by atoms with E-state index in [1.807, 2.05) is 21.1 Å². The highest BCUT2D eigenvalue weighted by atomic mass is 32.2. The van der Waals surface area contributed by atoms with Crippen molar-refractivity contribution >= 4 is 21.6 Å². The van der Waals surface area contributed by atoms with Gasteiger partial charge in [0, 0.05) is 25.8 Å². The summed E-state index contributed by atoms with van der Waals surface area (Å²) in [5.74, 6) is -0.247. The van der Waals surface area contributed by atoms with E-state index in [9.17, 15) is 13.2 Å². The lowest BCUT2D eigenvalue weighted by atomic mass is 10.1. The van der Waals surface area contributed by atoms with Crippen molar-refractivity contribution in [1.82, 2.24) is 18.8 Å². The van der Waals surface area contributed by atoms with Gasteiger partial charge in [0.1, 0.15) is 6.04 Å². The van der Waals surface area contributed by atoms with Gasteiger partial charge in [0.25, 0.3) is 0 Å². The molecule has 9 heteroatoms. The standard InChI is InChI=1S/C20H29N5O3S/c1-15-8-9-16(12-18(15)29(27,28)25-10-6-5-7-11-25)22-20(26)19(23(2)3)17-13-21-14-24(17)4/h8-9,12-14,19H,5-7,10-11H2,1-4H3,(H,22,26)/t19-/m0/s1. The Labute approximate surface area is 172 Å². The van der Waals surface area contributed by atoms with Crippen LogP contribution in [0.2, 0.25) is 0 Å². The van der Waals surface area contributed by atoms with Crippen LogP contribution < -0.4 is 5.32 Å². The highest BCUT2D eigenvalue weighted by Crippen LogP contribution is 2.27. The SMILES string of the molecule is Cc1ccc(NC(=O)[C@H](c2cncn2C)N(C)C)cc1S(=O)(=O)N1CCCCC1. The number of carbonyl (C=O) groups excluding carboxylic acids is 1. The molecular weight excluding hydrogens is 390 g/mol. The van der Waals surface area contributed by atoms with E-state index in [-0.39, 0.29) is 10.8 Å². The van der Waals surface area contributed by atoms with E-state index in [1.54, 1.807) is 51.4 Å². The predicted octanol–water partition coefficient (Wildman–Crippen LogP) is 2.14. The Kier molecular flexibility index (Phi) is 6.40. The number of aryl methyl sites for hydroxylation is 2. The Morgan fingerprint density at radius 3 is 2.48 bits per heavy atom. The van der Waals surface area contributed by atoms with E-state index < -0.39 is 16.1 Å². The lowest BCUT2D eigenvalue weighted by Gasteiger charge is -2.27. The van der Waals surface area contributed by atoms with Crippen LogP contribution in [-0.2, 0) is 21.9 Å². The number of hydrogen-bond donors (Lipinski definition) is 1. The Bertz CT molecular complexity index is 978. The first-order valence-electron chi connectivity index (χ1n) is 9.76. The molecule has 1 atom stereocenters. The van der Waals surface area contributed by atoms with E-state index in [0.29, 0.717) is 24.3 Å². The third-order valence-electron chi connectivity index (χ3n) is 5.29. The molecule has 0 bridgehead atoms. The van der Waals surface area contributed by atoms with Crippen molar-refractivity contribution in [1.29, 1.82) is 0 Å². The van der Waals surface area contributed by atoms with Crippen molar-refractivity contribution in [3.63, 3.8) is 0 Å². The summed E-state index contributed by atoms with van der Waals surface area (Å²) in [5.41, 5.74) is 1.88. The molecule has 8 nitrogen and oxygen atoms in total. The summed E-state index contributed by atoms with van der Waals surface area (Å²) in [4.78, 5) is 19.1. The van der Waals surface area contributed by atoms with Crippen LogP contribution in [0, 0.1) is 6.92 Å². The van der Waals surface area contributed by atoms with Gasteiger partial charge in [0.15, 0.2) is 0 Å². The number of piperidine rings is 1. The molecule has 2 aromatic rings. The molecule has 1 amide bonds. The van der Waals surface area contributed by atoms with Crippen LogP contribution in [0.3, 0.4) is 0 Å². The van der Waals surface area contributed by atoms with Gasteiger partial charge in [-0.15, -0.1) is 0 Å². The predicted molar refractivity (Wildman–Crippen MR) is 112 cm³/mol. The van der Waals surface area contributed by atoms with Gasteiger partial charge in [-0.1, -0.05) is 12.5 Å². The number of sulfonamides is 1. The lowest BCUT2D eigenvalue weighted by molar-refractivity contribution is -0.120. The second-order valence-corrected chi connectivity index (χ2v) is 9.64. The van der Waals surface area contributed by atoms with Crippen molar-refractivity contribution < 1.29 is 13.2 Å². The maximum atomic E-state index is 13.1. The molecule has 0 spiro atoms. The van der Waals surface area contributed by atoms with Crippen molar-refractivity contribution in [3.8, 4) is 0 Å². The summed E-state index contributed by atoms with van der Waals surface area (Å²) < 4.78 is 29.6. The van der Waals surface area contributed by atoms with Crippen molar-refractivity contribution in [2.24, 2.45) is 7.05 Å². The quantitative estimate of drug-likeness (QED) is 0.775. The summed E-state index contributed by atoms with van der Waals surface area (Å²) in [6.07, 6.45) is 6.12. The fourth-order valence-corrected chi connectivity index (χ4v) is 5.44. The van der Waals surface area contributed by atoms with E-state index in [0.717, 1.165) is 25.0 Å². The largest absolute Gasteiger partial charge is 0.336 e. The summed E-state index contributed by atoms with van der Waals surface area (Å²) in [6, 6.07) is 4.48. The van der Waals surface area contributed by atoms with Gasteiger partial charge in [-0.2, -0.15) is 4.31 Å². The smallest absolute Gasteiger partial charge is 0.247 e. The molecule has 1 saturated heterocycles. The first kappa shape index (κ1) is 21.5. The van der Waals surface area contributed by atoms with Crippen LogP contribution >= 0.6 is 0 Å². The third-order valence-corrected chi connectivity index (χ3v) is 7.33. The molecule has 0 unspecified atom stereocenters.